The van der Waals surface area contributed by atoms with Crippen molar-refractivity contribution in [3.05, 3.63) is 42.0 Å². The van der Waals surface area contributed by atoms with Crippen LogP contribution in [0.15, 0.2) is 39.8 Å². The van der Waals surface area contributed by atoms with Gasteiger partial charge in [-0.25, -0.2) is 0 Å². The van der Waals surface area contributed by atoms with E-state index in [9.17, 15) is 0 Å². The molecule has 0 aliphatic rings. The van der Waals surface area contributed by atoms with Crippen LogP contribution in [0.5, 0.6) is 0 Å². The summed E-state index contributed by atoms with van der Waals surface area (Å²) in [4.78, 5) is 5.39. The van der Waals surface area contributed by atoms with E-state index in [0.29, 0.717) is 17.5 Å². The van der Waals surface area contributed by atoms with Crippen molar-refractivity contribution < 1.29 is 4.52 Å². The molecular formula is C11H13N3OS. The zero-order valence-corrected chi connectivity index (χ0v) is 9.78. The summed E-state index contributed by atoms with van der Waals surface area (Å²) in [7, 11) is 0. The molecule has 0 saturated heterocycles. The maximum absolute atomic E-state index is 5.63. The molecule has 1 atom stereocenters. The first-order valence-electron chi connectivity index (χ1n) is 5.01. The van der Waals surface area contributed by atoms with Gasteiger partial charge in [-0.1, -0.05) is 23.4 Å². The third-order valence-electron chi connectivity index (χ3n) is 1.98. The standard InChI is InChI=1S/C11H13N3OS/c1-8(12)11-13-10(14-15-11)7-16-9-5-3-2-4-6-9/h2-6,8H,7,12H2,1H3/t8-/m1/s1. The van der Waals surface area contributed by atoms with Crippen LogP contribution in [0.2, 0.25) is 0 Å². The Kier molecular flexibility index (Phi) is 3.58. The van der Waals surface area contributed by atoms with Gasteiger partial charge in [-0.3, -0.25) is 0 Å². The molecule has 1 aromatic carbocycles. The van der Waals surface area contributed by atoms with Crippen LogP contribution in [0.3, 0.4) is 0 Å². The van der Waals surface area contributed by atoms with Gasteiger partial charge in [-0.15, -0.1) is 11.8 Å². The molecule has 2 N–H and O–H groups in total. The highest BCUT2D eigenvalue weighted by molar-refractivity contribution is 7.98. The van der Waals surface area contributed by atoms with E-state index in [-0.39, 0.29) is 6.04 Å². The second-order valence-electron chi connectivity index (χ2n) is 3.44. The molecule has 0 saturated carbocycles. The Morgan fingerprint density at radius 2 is 2.12 bits per heavy atom. The maximum Gasteiger partial charge on any atom is 0.243 e. The van der Waals surface area contributed by atoms with Crippen LogP contribution in [-0.2, 0) is 5.75 Å². The van der Waals surface area contributed by atoms with E-state index in [1.165, 1.54) is 4.90 Å². The van der Waals surface area contributed by atoms with Gasteiger partial charge in [-0.05, 0) is 19.1 Å². The lowest BCUT2D eigenvalue weighted by Crippen LogP contribution is -2.05. The summed E-state index contributed by atoms with van der Waals surface area (Å²) < 4.78 is 5.02. The number of nitrogens with zero attached hydrogens (tertiary/aromatic N) is 2. The molecule has 16 heavy (non-hydrogen) atoms. The van der Waals surface area contributed by atoms with Crippen LogP contribution in [0.4, 0.5) is 0 Å². The molecule has 0 aliphatic heterocycles. The molecule has 0 unspecified atom stereocenters. The normalized spacial score (nSPS) is 12.6. The number of rotatable bonds is 4. The second-order valence-corrected chi connectivity index (χ2v) is 4.49. The molecule has 2 aromatic rings. The molecule has 0 fully saturated rings. The summed E-state index contributed by atoms with van der Waals surface area (Å²) in [6, 6.07) is 9.90. The van der Waals surface area contributed by atoms with Crippen LogP contribution in [0, 0.1) is 0 Å². The van der Waals surface area contributed by atoms with Gasteiger partial charge >= 0.3 is 0 Å². The average molecular weight is 235 g/mol. The monoisotopic (exact) mass is 235 g/mol. The first kappa shape index (κ1) is 11.2. The minimum atomic E-state index is -0.206. The van der Waals surface area contributed by atoms with E-state index in [0.717, 1.165) is 0 Å². The zero-order chi connectivity index (χ0) is 11.4. The minimum Gasteiger partial charge on any atom is -0.338 e. The number of thioether (sulfide) groups is 1. The fourth-order valence-electron chi connectivity index (χ4n) is 1.18. The molecule has 0 aliphatic carbocycles. The van der Waals surface area contributed by atoms with Gasteiger partial charge < -0.3 is 10.3 Å². The lowest BCUT2D eigenvalue weighted by Gasteiger charge is -1.96. The van der Waals surface area contributed by atoms with Crippen molar-refractivity contribution in [2.45, 2.75) is 23.6 Å². The van der Waals surface area contributed by atoms with E-state index >= 15 is 0 Å². The van der Waals surface area contributed by atoms with Crippen LogP contribution >= 0.6 is 11.8 Å². The summed E-state index contributed by atoms with van der Waals surface area (Å²) in [5, 5.41) is 3.87. The third-order valence-corrected chi connectivity index (χ3v) is 2.99. The number of hydrogen-bond acceptors (Lipinski definition) is 5. The highest BCUT2D eigenvalue weighted by Crippen LogP contribution is 2.21. The number of hydrogen-bond donors (Lipinski definition) is 1. The molecule has 5 heteroatoms. The maximum atomic E-state index is 5.63. The Bertz CT molecular complexity index is 442. The van der Waals surface area contributed by atoms with Crippen LogP contribution in [0.1, 0.15) is 24.7 Å². The van der Waals surface area contributed by atoms with E-state index in [2.05, 4.69) is 22.3 Å². The van der Waals surface area contributed by atoms with Crippen molar-refractivity contribution >= 4 is 11.8 Å². The smallest absolute Gasteiger partial charge is 0.243 e. The quantitative estimate of drug-likeness (QED) is 0.824. The summed E-state index contributed by atoms with van der Waals surface area (Å²) in [5.74, 6) is 1.87. The van der Waals surface area contributed by atoms with Gasteiger partial charge in [0.1, 0.15) is 0 Å². The van der Waals surface area contributed by atoms with Crippen molar-refractivity contribution in [3.8, 4) is 0 Å². The highest BCUT2D eigenvalue weighted by atomic mass is 32.2. The van der Waals surface area contributed by atoms with Crippen molar-refractivity contribution in [2.24, 2.45) is 5.73 Å². The molecular weight excluding hydrogens is 222 g/mol. The summed E-state index contributed by atoms with van der Waals surface area (Å²) in [5.41, 5.74) is 5.63. The van der Waals surface area contributed by atoms with Crippen molar-refractivity contribution in [1.82, 2.24) is 10.1 Å². The zero-order valence-electron chi connectivity index (χ0n) is 8.96. The van der Waals surface area contributed by atoms with E-state index in [1.807, 2.05) is 25.1 Å². The van der Waals surface area contributed by atoms with E-state index in [1.54, 1.807) is 11.8 Å². The largest absolute Gasteiger partial charge is 0.338 e. The summed E-state index contributed by atoms with van der Waals surface area (Å²) in [6.07, 6.45) is 0. The Hall–Kier alpha value is -1.33. The molecule has 0 spiro atoms. The Balaban J connectivity index is 1.95. The molecule has 0 amide bonds. The van der Waals surface area contributed by atoms with Gasteiger partial charge in [0.15, 0.2) is 5.82 Å². The predicted molar refractivity (Wildman–Crippen MR) is 62.9 cm³/mol. The van der Waals surface area contributed by atoms with E-state index < -0.39 is 0 Å². The van der Waals surface area contributed by atoms with Crippen molar-refractivity contribution in [2.75, 3.05) is 0 Å². The lowest BCUT2D eigenvalue weighted by atomic mass is 10.4. The lowest BCUT2D eigenvalue weighted by molar-refractivity contribution is 0.358. The molecule has 0 radical (unpaired) electrons. The minimum absolute atomic E-state index is 0.206. The van der Waals surface area contributed by atoms with Crippen LogP contribution in [0.25, 0.3) is 0 Å². The van der Waals surface area contributed by atoms with Crippen molar-refractivity contribution in [1.29, 1.82) is 0 Å². The summed E-state index contributed by atoms with van der Waals surface area (Å²) in [6.45, 7) is 1.82. The highest BCUT2D eigenvalue weighted by Gasteiger charge is 2.09. The van der Waals surface area contributed by atoms with Gasteiger partial charge in [0.05, 0.1) is 11.8 Å². The number of nitrogens with two attached hydrogens (primary N) is 1. The first-order valence-corrected chi connectivity index (χ1v) is 6.00. The SMILES string of the molecule is C[C@@H](N)c1nc(CSc2ccccc2)no1. The van der Waals surface area contributed by atoms with E-state index in [4.69, 9.17) is 10.3 Å². The van der Waals surface area contributed by atoms with Gasteiger partial charge in [-0.2, -0.15) is 4.98 Å². The van der Waals surface area contributed by atoms with Crippen molar-refractivity contribution in [3.63, 3.8) is 0 Å². The molecule has 0 bridgehead atoms. The third kappa shape index (κ3) is 2.84. The Labute approximate surface area is 98.2 Å². The van der Waals surface area contributed by atoms with Crippen LogP contribution in [-0.4, -0.2) is 10.1 Å². The second kappa shape index (κ2) is 5.14. The molecule has 4 nitrogen and oxygen atoms in total. The fraction of sp³-hybridized carbons (Fsp3) is 0.273. The Morgan fingerprint density at radius 1 is 1.38 bits per heavy atom. The number of benzene rings is 1. The van der Waals surface area contributed by atoms with Gasteiger partial charge in [0, 0.05) is 4.90 Å². The average Bonchev–Trinajstić information content (AvgIpc) is 2.76. The van der Waals surface area contributed by atoms with Gasteiger partial charge in [0.25, 0.3) is 0 Å². The summed E-state index contributed by atoms with van der Waals surface area (Å²) >= 11 is 1.67. The van der Waals surface area contributed by atoms with Crippen LogP contribution < -0.4 is 5.73 Å². The molecule has 1 aromatic heterocycles. The number of aromatic nitrogens is 2. The first-order chi connectivity index (χ1) is 7.75. The topological polar surface area (TPSA) is 64.9 Å². The molecule has 2 rings (SSSR count). The fourth-order valence-corrected chi connectivity index (χ4v) is 1.94. The molecule has 1 heterocycles. The molecule has 84 valence electrons. The Morgan fingerprint density at radius 3 is 2.75 bits per heavy atom. The predicted octanol–water partition coefficient (Wildman–Crippen LogP) is 2.38. The van der Waals surface area contributed by atoms with Gasteiger partial charge in [0.2, 0.25) is 5.89 Å².